The van der Waals surface area contributed by atoms with Crippen molar-refractivity contribution in [3.05, 3.63) is 0 Å². The largest absolute Gasteiger partial charge is 0.0651 e. The molecule has 0 nitrogen and oxygen atoms in total. The molecule has 4 fully saturated rings. The quantitative estimate of drug-likeness (QED) is 0.506. The molecule has 0 aromatic carbocycles. The zero-order valence-electron chi connectivity index (χ0n) is 15.5. The summed E-state index contributed by atoms with van der Waals surface area (Å²) in [7, 11) is 0. The zero-order valence-corrected chi connectivity index (χ0v) is 15.5. The fourth-order valence-corrected chi connectivity index (χ4v) is 8.63. The molecule has 4 saturated carbocycles. The molecule has 0 heteroatoms. The van der Waals surface area contributed by atoms with Gasteiger partial charge in [-0.3, -0.25) is 0 Å². The number of hydrogen-bond donors (Lipinski definition) is 0. The Bertz CT molecular complexity index is 420. The monoisotopic (exact) mass is 302 g/mol. The van der Waals surface area contributed by atoms with Crippen LogP contribution in [-0.4, -0.2) is 0 Å². The Labute approximate surface area is 138 Å². The third-order valence-electron chi connectivity index (χ3n) is 9.62. The van der Waals surface area contributed by atoms with E-state index in [0.29, 0.717) is 5.41 Å². The van der Waals surface area contributed by atoms with Crippen molar-refractivity contribution in [2.45, 2.75) is 91.9 Å². The van der Waals surface area contributed by atoms with Crippen molar-refractivity contribution in [3.8, 4) is 0 Å². The van der Waals surface area contributed by atoms with Crippen molar-refractivity contribution in [3.63, 3.8) is 0 Å². The van der Waals surface area contributed by atoms with Crippen LogP contribution in [0.1, 0.15) is 91.9 Å². The second-order valence-electron chi connectivity index (χ2n) is 10.2. The van der Waals surface area contributed by atoms with E-state index in [1.165, 1.54) is 19.3 Å². The lowest BCUT2D eigenvalue weighted by Gasteiger charge is -2.60. The van der Waals surface area contributed by atoms with Crippen LogP contribution in [0.4, 0.5) is 0 Å². The number of rotatable bonds is 1. The summed E-state index contributed by atoms with van der Waals surface area (Å²) in [4.78, 5) is 0. The molecule has 0 heterocycles. The molecule has 0 aromatic rings. The highest BCUT2D eigenvalue weighted by Gasteiger charge is 2.60. The maximum absolute atomic E-state index is 2.71. The van der Waals surface area contributed by atoms with Crippen molar-refractivity contribution < 1.29 is 0 Å². The highest BCUT2D eigenvalue weighted by molar-refractivity contribution is 5.09. The average molecular weight is 303 g/mol. The van der Waals surface area contributed by atoms with Gasteiger partial charge in [-0.2, -0.15) is 0 Å². The molecular formula is C22H38. The van der Waals surface area contributed by atoms with Gasteiger partial charge in [-0.05, 0) is 91.3 Å². The minimum Gasteiger partial charge on any atom is -0.0651 e. The lowest BCUT2D eigenvalue weighted by Crippen LogP contribution is -2.52. The van der Waals surface area contributed by atoms with Crippen LogP contribution in [0.15, 0.2) is 0 Å². The summed E-state index contributed by atoms with van der Waals surface area (Å²) in [6.45, 7) is 10.4. The van der Waals surface area contributed by atoms with E-state index in [2.05, 4.69) is 27.7 Å². The predicted octanol–water partition coefficient (Wildman–Crippen LogP) is 6.69. The molecule has 4 aliphatic carbocycles. The summed E-state index contributed by atoms with van der Waals surface area (Å²) in [5.74, 6) is 6.29. The topological polar surface area (TPSA) is 0 Å². The maximum Gasteiger partial charge on any atom is -0.0264 e. The van der Waals surface area contributed by atoms with Crippen molar-refractivity contribution >= 4 is 0 Å². The molecule has 0 saturated heterocycles. The SMILES string of the molecule is CC[C@H]1[C@H](C)C[C@H]2[C@@H]3CCC4CCCC[C@]4(C)[C@H]3CC[C@@]21C. The Morgan fingerprint density at radius 3 is 2.45 bits per heavy atom. The fourth-order valence-electron chi connectivity index (χ4n) is 8.63. The summed E-state index contributed by atoms with van der Waals surface area (Å²) in [6, 6.07) is 0. The van der Waals surface area contributed by atoms with E-state index in [1.54, 1.807) is 44.9 Å². The van der Waals surface area contributed by atoms with Crippen molar-refractivity contribution in [1.82, 2.24) is 0 Å². The highest BCUT2D eigenvalue weighted by Crippen LogP contribution is 2.68. The summed E-state index contributed by atoms with van der Waals surface area (Å²) in [5.41, 5.74) is 1.41. The van der Waals surface area contributed by atoms with E-state index in [9.17, 15) is 0 Å². The van der Waals surface area contributed by atoms with Gasteiger partial charge in [-0.1, -0.05) is 47.0 Å². The molecule has 22 heavy (non-hydrogen) atoms. The Morgan fingerprint density at radius 2 is 1.68 bits per heavy atom. The van der Waals surface area contributed by atoms with Crippen LogP contribution < -0.4 is 0 Å². The molecular weight excluding hydrogens is 264 g/mol. The molecule has 0 amide bonds. The molecule has 0 aliphatic heterocycles. The van der Waals surface area contributed by atoms with Crippen LogP contribution in [-0.2, 0) is 0 Å². The lowest BCUT2D eigenvalue weighted by molar-refractivity contribution is -0.111. The first-order valence-electron chi connectivity index (χ1n) is 10.5. The van der Waals surface area contributed by atoms with Gasteiger partial charge in [0.25, 0.3) is 0 Å². The maximum atomic E-state index is 2.71. The summed E-state index contributed by atoms with van der Waals surface area (Å²) in [6.07, 6.45) is 15.4. The van der Waals surface area contributed by atoms with E-state index >= 15 is 0 Å². The molecule has 0 spiro atoms. The smallest absolute Gasteiger partial charge is 0.0264 e. The van der Waals surface area contributed by atoms with Crippen LogP contribution in [0.25, 0.3) is 0 Å². The number of hydrogen-bond acceptors (Lipinski definition) is 0. The minimum atomic E-state index is 0.688. The molecule has 1 unspecified atom stereocenters. The van der Waals surface area contributed by atoms with Gasteiger partial charge in [0.2, 0.25) is 0 Å². The molecule has 4 aliphatic rings. The normalized spacial score (nSPS) is 57.8. The fraction of sp³-hybridized carbons (Fsp3) is 1.00. The van der Waals surface area contributed by atoms with Crippen molar-refractivity contribution in [1.29, 1.82) is 0 Å². The van der Waals surface area contributed by atoms with E-state index in [0.717, 1.165) is 40.9 Å². The van der Waals surface area contributed by atoms with Crippen molar-refractivity contribution in [2.24, 2.45) is 46.3 Å². The van der Waals surface area contributed by atoms with Crippen LogP contribution in [0.5, 0.6) is 0 Å². The van der Waals surface area contributed by atoms with Crippen molar-refractivity contribution in [2.75, 3.05) is 0 Å². The van der Waals surface area contributed by atoms with Gasteiger partial charge in [0, 0.05) is 0 Å². The van der Waals surface area contributed by atoms with Gasteiger partial charge in [-0.15, -0.1) is 0 Å². The van der Waals surface area contributed by atoms with Gasteiger partial charge in [0.05, 0.1) is 0 Å². The van der Waals surface area contributed by atoms with E-state index < -0.39 is 0 Å². The average Bonchev–Trinajstić information content (AvgIpc) is 2.76. The van der Waals surface area contributed by atoms with Crippen LogP contribution in [0, 0.1) is 46.3 Å². The Morgan fingerprint density at radius 1 is 0.864 bits per heavy atom. The minimum absolute atomic E-state index is 0.688. The Balaban J connectivity index is 1.64. The summed E-state index contributed by atoms with van der Waals surface area (Å²) in [5, 5.41) is 0. The van der Waals surface area contributed by atoms with Crippen LogP contribution in [0.3, 0.4) is 0 Å². The van der Waals surface area contributed by atoms with Gasteiger partial charge in [-0.25, -0.2) is 0 Å². The third-order valence-corrected chi connectivity index (χ3v) is 9.62. The first-order chi connectivity index (χ1) is 10.5. The first-order valence-corrected chi connectivity index (χ1v) is 10.5. The summed E-state index contributed by atoms with van der Waals surface area (Å²) >= 11 is 0. The second kappa shape index (κ2) is 5.25. The van der Waals surface area contributed by atoms with E-state index in [-0.39, 0.29) is 0 Å². The molecule has 0 bridgehead atoms. The van der Waals surface area contributed by atoms with Gasteiger partial charge in [0.1, 0.15) is 0 Å². The molecule has 0 aromatic heterocycles. The van der Waals surface area contributed by atoms with Crippen LogP contribution >= 0.6 is 0 Å². The van der Waals surface area contributed by atoms with Gasteiger partial charge >= 0.3 is 0 Å². The first kappa shape index (κ1) is 15.5. The van der Waals surface area contributed by atoms with E-state index in [4.69, 9.17) is 0 Å². The van der Waals surface area contributed by atoms with Gasteiger partial charge in [0.15, 0.2) is 0 Å². The third kappa shape index (κ3) is 1.94. The Hall–Kier alpha value is 0. The molecule has 0 N–H and O–H groups in total. The second-order valence-corrected chi connectivity index (χ2v) is 10.2. The Kier molecular flexibility index (Phi) is 3.70. The predicted molar refractivity (Wildman–Crippen MR) is 94.7 cm³/mol. The molecule has 4 rings (SSSR count). The lowest BCUT2D eigenvalue weighted by atomic mass is 9.45. The molecule has 8 atom stereocenters. The highest BCUT2D eigenvalue weighted by atomic mass is 14.6. The zero-order chi connectivity index (χ0) is 15.5. The van der Waals surface area contributed by atoms with E-state index in [1.807, 2.05) is 0 Å². The standard InChI is InChI=1S/C22H38/c1-5-18-15(2)14-20-17-10-9-16-8-6-7-12-21(16,3)19(17)11-13-22(18,20)4/h15-20H,5-14H2,1-4H3/t15-,16?,17-,18+,19+,20+,21+,22-/m1/s1. The molecule has 126 valence electrons. The molecule has 0 radical (unpaired) electrons. The van der Waals surface area contributed by atoms with Gasteiger partial charge < -0.3 is 0 Å². The van der Waals surface area contributed by atoms with Crippen LogP contribution in [0.2, 0.25) is 0 Å². The summed E-state index contributed by atoms with van der Waals surface area (Å²) < 4.78 is 0. The number of fused-ring (bicyclic) bond motifs is 5.